The van der Waals surface area contributed by atoms with Crippen LogP contribution >= 0.6 is 24.0 Å². The standard InChI is InChI=1S/C17H35N5O.HI/c1-13(2)11-18-17(19-12-16(23)21(5)6)20-15-7-9-22(10-8-15)14(3)4;/h13-15H,7-12H2,1-6H3,(H2,18,19,20);1H. The van der Waals surface area contributed by atoms with E-state index in [1.54, 1.807) is 19.0 Å². The lowest BCUT2D eigenvalue weighted by atomic mass is 10.0. The number of amides is 1. The van der Waals surface area contributed by atoms with Crippen LogP contribution < -0.4 is 10.6 Å². The maximum Gasteiger partial charge on any atom is 0.243 e. The quantitative estimate of drug-likeness (QED) is 0.366. The highest BCUT2D eigenvalue weighted by molar-refractivity contribution is 14.0. The Hall–Kier alpha value is -0.570. The number of carbonyl (C=O) groups excluding carboxylic acids is 1. The molecule has 0 bridgehead atoms. The molecule has 0 radical (unpaired) electrons. The molecule has 0 spiro atoms. The summed E-state index contributed by atoms with van der Waals surface area (Å²) in [5.74, 6) is 1.32. The Morgan fingerprint density at radius 2 is 1.79 bits per heavy atom. The Bertz CT molecular complexity index is 390. The van der Waals surface area contributed by atoms with Gasteiger partial charge in [-0.25, -0.2) is 4.99 Å². The number of aliphatic imine (C=N–C) groups is 1. The van der Waals surface area contributed by atoms with Crippen LogP contribution in [0.15, 0.2) is 4.99 Å². The topological polar surface area (TPSA) is 60.0 Å². The number of rotatable bonds is 6. The Labute approximate surface area is 164 Å². The molecule has 2 N–H and O–H groups in total. The highest BCUT2D eigenvalue weighted by Crippen LogP contribution is 2.12. The highest BCUT2D eigenvalue weighted by atomic mass is 127. The fraction of sp³-hybridized carbons (Fsp3) is 0.882. The first-order chi connectivity index (χ1) is 10.8. The van der Waals surface area contributed by atoms with E-state index in [0.29, 0.717) is 18.0 Å². The van der Waals surface area contributed by atoms with Gasteiger partial charge in [0, 0.05) is 45.8 Å². The Kier molecular flexibility index (Phi) is 11.6. The van der Waals surface area contributed by atoms with Crippen molar-refractivity contribution in [3.8, 4) is 0 Å². The Morgan fingerprint density at radius 3 is 2.25 bits per heavy atom. The highest BCUT2D eigenvalue weighted by Gasteiger charge is 2.21. The van der Waals surface area contributed by atoms with E-state index >= 15 is 0 Å². The zero-order valence-corrected chi connectivity index (χ0v) is 18.5. The number of likely N-dealkylation sites (tertiary alicyclic amines) is 1. The molecule has 0 aromatic heterocycles. The number of carbonyl (C=O) groups is 1. The van der Waals surface area contributed by atoms with Gasteiger partial charge in [0.25, 0.3) is 0 Å². The van der Waals surface area contributed by atoms with E-state index in [2.05, 4.69) is 48.2 Å². The molecule has 1 rings (SSSR count). The van der Waals surface area contributed by atoms with E-state index in [1.807, 2.05) is 0 Å². The third-order valence-corrected chi connectivity index (χ3v) is 4.15. The van der Waals surface area contributed by atoms with Gasteiger partial charge >= 0.3 is 0 Å². The zero-order valence-electron chi connectivity index (χ0n) is 16.1. The molecule has 0 aliphatic carbocycles. The number of nitrogens with one attached hydrogen (secondary N) is 2. The molecule has 1 heterocycles. The van der Waals surface area contributed by atoms with Crippen molar-refractivity contribution >= 4 is 35.8 Å². The van der Waals surface area contributed by atoms with E-state index < -0.39 is 0 Å². The summed E-state index contributed by atoms with van der Waals surface area (Å²) in [6.45, 7) is 12.1. The summed E-state index contributed by atoms with van der Waals surface area (Å²) in [4.78, 5) is 20.3. The van der Waals surface area contributed by atoms with Crippen molar-refractivity contribution in [2.45, 2.75) is 52.6 Å². The summed E-state index contributed by atoms with van der Waals surface area (Å²) < 4.78 is 0. The van der Waals surface area contributed by atoms with E-state index in [4.69, 9.17) is 0 Å². The first-order valence-corrected chi connectivity index (χ1v) is 8.78. The maximum absolute atomic E-state index is 11.8. The van der Waals surface area contributed by atoms with Crippen molar-refractivity contribution in [3.63, 3.8) is 0 Å². The van der Waals surface area contributed by atoms with Gasteiger partial charge in [-0.2, -0.15) is 0 Å². The number of nitrogens with zero attached hydrogens (tertiary/aromatic N) is 3. The number of hydrogen-bond acceptors (Lipinski definition) is 3. The van der Waals surface area contributed by atoms with Gasteiger partial charge in [-0.05, 0) is 32.6 Å². The minimum atomic E-state index is 0. The molecule has 1 saturated heterocycles. The summed E-state index contributed by atoms with van der Waals surface area (Å²) >= 11 is 0. The molecule has 1 aliphatic heterocycles. The Balaban J connectivity index is 0.00000529. The van der Waals surface area contributed by atoms with Gasteiger partial charge in [0.15, 0.2) is 5.96 Å². The minimum Gasteiger partial charge on any atom is -0.356 e. The molecule has 0 unspecified atom stereocenters. The molecule has 0 atom stereocenters. The first kappa shape index (κ1) is 23.4. The molecule has 142 valence electrons. The first-order valence-electron chi connectivity index (χ1n) is 8.78. The molecule has 0 aromatic carbocycles. The minimum absolute atomic E-state index is 0. The van der Waals surface area contributed by atoms with Crippen LogP contribution in [0.2, 0.25) is 0 Å². The van der Waals surface area contributed by atoms with Crippen molar-refractivity contribution in [3.05, 3.63) is 0 Å². The van der Waals surface area contributed by atoms with Gasteiger partial charge in [0.05, 0.1) is 0 Å². The average molecular weight is 453 g/mol. The zero-order chi connectivity index (χ0) is 17.4. The molecule has 7 heteroatoms. The van der Waals surface area contributed by atoms with Crippen molar-refractivity contribution in [1.82, 2.24) is 20.4 Å². The second-order valence-electron chi connectivity index (χ2n) is 7.28. The molecular formula is C17H36IN5O. The second kappa shape index (κ2) is 11.9. The van der Waals surface area contributed by atoms with Crippen LogP contribution in [-0.2, 0) is 4.79 Å². The molecular weight excluding hydrogens is 417 g/mol. The summed E-state index contributed by atoms with van der Waals surface area (Å²) in [5, 5.41) is 6.86. The molecule has 0 saturated carbocycles. The van der Waals surface area contributed by atoms with Gasteiger partial charge < -0.3 is 20.4 Å². The van der Waals surface area contributed by atoms with Gasteiger partial charge in [0.1, 0.15) is 6.54 Å². The van der Waals surface area contributed by atoms with Crippen LogP contribution in [0.25, 0.3) is 0 Å². The molecule has 1 amide bonds. The van der Waals surface area contributed by atoms with Crippen LogP contribution in [0.3, 0.4) is 0 Å². The summed E-state index contributed by atoms with van der Waals surface area (Å²) in [6.07, 6.45) is 2.23. The van der Waals surface area contributed by atoms with E-state index in [0.717, 1.165) is 38.4 Å². The number of piperidine rings is 1. The van der Waals surface area contributed by atoms with E-state index in [9.17, 15) is 4.79 Å². The van der Waals surface area contributed by atoms with Crippen LogP contribution in [0.1, 0.15) is 40.5 Å². The average Bonchev–Trinajstić information content (AvgIpc) is 2.49. The number of guanidine groups is 1. The van der Waals surface area contributed by atoms with Gasteiger partial charge in [-0.1, -0.05) is 13.8 Å². The molecule has 6 nitrogen and oxygen atoms in total. The molecule has 24 heavy (non-hydrogen) atoms. The number of halogens is 1. The largest absolute Gasteiger partial charge is 0.356 e. The SMILES string of the molecule is CC(C)CNC(=NCC(=O)N(C)C)NC1CCN(C(C)C)CC1.I. The van der Waals surface area contributed by atoms with Crippen molar-refractivity contribution in [2.24, 2.45) is 10.9 Å². The summed E-state index contributed by atoms with van der Waals surface area (Å²) in [7, 11) is 3.52. The summed E-state index contributed by atoms with van der Waals surface area (Å²) in [6, 6.07) is 1.04. The fourth-order valence-electron chi connectivity index (χ4n) is 2.50. The number of likely N-dealkylation sites (N-methyl/N-ethyl adjacent to an activating group) is 1. The smallest absolute Gasteiger partial charge is 0.243 e. The normalized spacial score (nSPS) is 16.9. The Morgan fingerprint density at radius 1 is 1.21 bits per heavy atom. The van der Waals surface area contributed by atoms with Gasteiger partial charge in [0.2, 0.25) is 5.91 Å². The van der Waals surface area contributed by atoms with Crippen molar-refractivity contribution < 1.29 is 4.79 Å². The van der Waals surface area contributed by atoms with Gasteiger partial charge in [-0.3, -0.25) is 4.79 Å². The third kappa shape index (κ3) is 9.05. The molecule has 1 aliphatic rings. The van der Waals surface area contributed by atoms with Crippen LogP contribution in [0.5, 0.6) is 0 Å². The number of hydrogen-bond donors (Lipinski definition) is 2. The summed E-state index contributed by atoms with van der Waals surface area (Å²) in [5.41, 5.74) is 0. The van der Waals surface area contributed by atoms with Crippen LogP contribution in [0, 0.1) is 5.92 Å². The van der Waals surface area contributed by atoms with E-state index in [-0.39, 0.29) is 36.4 Å². The lowest BCUT2D eigenvalue weighted by molar-refractivity contribution is -0.127. The second-order valence-corrected chi connectivity index (χ2v) is 7.28. The molecule has 1 fully saturated rings. The monoisotopic (exact) mass is 453 g/mol. The lowest BCUT2D eigenvalue weighted by Crippen LogP contribution is -2.50. The van der Waals surface area contributed by atoms with Crippen molar-refractivity contribution in [2.75, 3.05) is 40.3 Å². The van der Waals surface area contributed by atoms with Crippen LogP contribution in [0.4, 0.5) is 0 Å². The fourth-order valence-corrected chi connectivity index (χ4v) is 2.50. The predicted octanol–water partition coefficient (Wildman–Crippen LogP) is 1.76. The van der Waals surface area contributed by atoms with Crippen molar-refractivity contribution in [1.29, 1.82) is 0 Å². The van der Waals surface area contributed by atoms with Gasteiger partial charge in [-0.15, -0.1) is 24.0 Å². The molecule has 0 aromatic rings. The lowest BCUT2D eigenvalue weighted by Gasteiger charge is -2.35. The van der Waals surface area contributed by atoms with Crippen LogP contribution in [-0.4, -0.2) is 74.0 Å². The maximum atomic E-state index is 11.8. The predicted molar refractivity (Wildman–Crippen MR) is 112 cm³/mol. The van der Waals surface area contributed by atoms with E-state index in [1.165, 1.54) is 0 Å². The third-order valence-electron chi connectivity index (χ3n) is 4.15.